The normalized spacial score (nSPS) is 15.9. The zero-order valence-electron chi connectivity index (χ0n) is 11.1. The number of rotatable bonds is 0. The Morgan fingerprint density at radius 1 is 1.26 bits per heavy atom. The van der Waals surface area contributed by atoms with E-state index in [9.17, 15) is 0 Å². The third kappa shape index (κ3) is 1.35. The van der Waals surface area contributed by atoms with Gasteiger partial charge < -0.3 is 4.74 Å². The minimum atomic E-state index is -0.366. The van der Waals surface area contributed by atoms with Crippen molar-refractivity contribution in [1.82, 2.24) is 9.38 Å². The molecule has 96 valence electrons. The zero-order valence-corrected chi connectivity index (χ0v) is 11.9. The van der Waals surface area contributed by atoms with E-state index in [1.165, 1.54) is 5.69 Å². The molecule has 3 heterocycles. The highest BCUT2D eigenvalue weighted by atomic mass is 32.1. The van der Waals surface area contributed by atoms with Gasteiger partial charge in [-0.05, 0) is 32.9 Å². The third-order valence-corrected chi connectivity index (χ3v) is 4.56. The zero-order chi connectivity index (χ0) is 13.2. The van der Waals surface area contributed by atoms with Crippen LogP contribution in [0.4, 0.5) is 0 Å². The number of nitrogens with zero attached hydrogens (tertiary/aromatic N) is 2. The number of aromatic nitrogens is 2. The Kier molecular flexibility index (Phi) is 1.97. The molecule has 0 N–H and O–H groups in total. The second-order valence-electron chi connectivity index (χ2n) is 5.41. The van der Waals surface area contributed by atoms with Gasteiger partial charge in [0.1, 0.15) is 17.0 Å². The Hall–Kier alpha value is -1.81. The number of aryl methyl sites for hydroxylation is 1. The first-order chi connectivity index (χ1) is 9.08. The van der Waals surface area contributed by atoms with E-state index in [0.29, 0.717) is 0 Å². The van der Waals surface area contributed by atoms with Gasteiger partial charge in [0.05, 0.1) is 5.69 Å². The van der Waals surface area contributed by atoms with Crippen LogP contribution in [0.3, 0.4) is 0 Å². The smallest absolute Gasteiger partial charge is 0.194 e. The van der Waals surface area contributed by atoms with Crippen LogP contribution in [0, 0.1) is 6.92 Å². The third-order valence-electron chi connectivity index (χ3n) is 3.61. The van der Waals surface area contributed by atoms with Gasteiger partial charge in [-0.3, -0.25) is 4.40 Å². The molecule has 0 amide bonds. The maximum Gasteiger partial charge on any atom is 0.194 e. The molecule has 1 aliphatic heterocycles. The minimum Gasteiger partial charge on any atom is -0.481 e. The summed E-state index contributed by atoms with van der Waals surface area (Å²) in [6.45, 7) is 6.32. The van der Waals surface area contributed by atoms with E-state index in [0.717, 1.165) is 27.7 Å². The monoisotopic (exact) mass is 270 g/mol. The van der Waals surface area contributed by atoms with E-state index < -0.39 is 0 Å². The second-order valence-corrected chi connectivity index (χ2v) is 6.25. The molecule has 0 radical (unpaired) electrons. The molecule has 0 bridgehead atoms. The number of para-hydroxylation sites is 1. The molecule has 0 aliphatic carbocycles. The quantitative estimate of drug-likeness (QED) is 0.617. The molecule has 0 atom stereocenters. The molecular formula is C15H14N2OS. The first kappa shape index (κ1) is 11.1. The topological polar surface area (TPSA) is 26.5 Å². The molecule has 3 nitrogen and oxygen atoms in total. The second kappa shape index (κ2) is 3.39. The van der Waals surface area contributed by atoms with Gasteiger partial charge in [0.15, 0.2) is 4.96 Å². The lowest BCUT2D eigenvalue weighted by molar-refractivity contribution is 0.0995. The van der Waals surface area contributed by atoms with E-state index in [2.05, 4.69) is 36.6 Å². The summed E-state index contributed by atoms with van der Waals surface area (Å²) in [6.07, 6.45) is 0. The van der Waals surface area contributed by atoms with E-state index >= 15 is 0 Å². The van der Waals surface area contributed by atoms with Gasteiger partial charge in [0, 0.05) is 16.6 Å². The number of imidazole rings is 1. The summed E-state index contributed by atoms with van der Waals surface area (Å²) in [5.74, 6) is 0.920. The van der Waals surface area contributed by atoms with Crippen LogP contribution in [0.5, 0.6) is 5.75 Å². The van der Waals surface area contributed by atoms with Gasteiger partial charge in [-0.15, -0.1) is 11.3 Å². The van der Waals surface area contributed by atoms with Crippen LogP contribution in [-0.2, 0) is 5.60 Å². The highest BCUT2D eigenvalue weighted by Crippen LogP contribution is 2.45. The van der Waals surface area contributed by atoms with Crippen LogP contribution in [0.25, 0.3) is 16.2 Å². The summed E-state index contributed by atoms with van der Waals surface area (Å²) in [5, 5.41) is 2.14. The van der Waals surface area contributed by atoms with Gasteiger partial charge >= 0.3 is 0 Å². The number of hydrogen-bond acceptors (Lipinski definition) is 3. The lowest BCUT2D eigenvalue weighted by atomic mass is 9.95. The van der Waals surface area contributed by atoms with Crippen LogP contribution < -0.4 is 4.74 Å². The number of thiazole rings is 1. The largest absolute Gasteiger partial charge is 0.481 e. The summed E-state index contributed by atoms with van der Waals surface area (Å²) in [6, 6.07) is 8.13. The van der Waals surface area contributed by atoms with Crippen LogP contribution in [0.2, 0.25) is 0 Å². The Morgan fingerprint density at radius 3 is 2.89 bits per heavy atom. The summed E-state index contributed by atoms with van der Waals surface area (Å²) in [7, 11) is 0. The van der Waals surface area contributed by atoms with Gasteiger partial charge in [0.2, 0.25) is 0 Å². The first-order valence-electron chi connectivity index (χ1n) is 6.33. The summed E-state index contributed by atoms with van der Waals surface area (Å²) >= 11 is 1.68. The van der Waals surface area contributed by atoms with Gasteiger partial charge in [0.25, 0.3) is 0 Å². The van der Waals surface area contributed by atoms with Crippen molar-refractivity contribution in [1.29, 1.82) is 0 Å². The van der Waals surface area contributed by atoms with Crippen molar-refractivity contribution in [2.24, 2.45) is 0 Å². The molecule has 2 aromatic heterocycles. The highest BCUT2D eigenvalue weighted by Gasteiger charge is 2.37. The fourth-order valence-corrected chi connectivity index (χ4v) is 3.68. The Morgan fingerprint density at radius 2 is 2.05 bits per heavy atom. The lowest BCUT2D eigenvalue weighted by Gasteiger charge is -2.32. The average Bonchev–Trinajstić information content (AvgIpc) is 2.90. The number of ether oxygens (including phenoxy) is 1. The Labute approximate surface area is 115 Å². The number of benzene rings is 1. The molecule has 4 rings (SSSR count). The molecule has 0 saturated carbocycles. The van der Waals surface area contributed by atoms with Crippen LogP contribution in [-0.4, -0.2) is 9.38 Å². The highest BCUT2D eigenvalue weighted by molar-refractivity contribution is 7.15. The van der Waals surface area contributed by atoms with E-state index in [-0.39, 0.29) is 5.60 Å². The summed E-state index contributed by atoms with van der Waals surface area (Å²) in [4.78, 5) is 5.85. The SMILES string of the molecule is Cc1csc2nc3c(n12)C(C)(C)Oc1ccccc1-3. The predicted molar refractivity (Wildman–Crippen MR) is 76.9 cm³/mol. The van der Waals surface area contributed by atoms with Crippen LogP contribution in [0.15, 0.2) is 29.6 Å². The van der Waals surface area contributed by atoms with Gasteiger partial charge in [-0.2, -0.15) is 0 Å². The Balaban J connectivity index is 2.17. The minimum absolute atomic E-state index is 0.366. The lowest BCUT2D eigenvalue weighted by Crippen LogP contribution is -2.30. The number of fused-ring (bicyclic) bond motifs is 5. The van der Waals surface area contributed by atoms with Crippen molar-refractivity contribution in [3.05, 3.63) is 41.0 Å². The molecule has 1 aliphatic rings. The Bertz CT molecular complexity index is 798. The molecule has 0 saturated heterocycles. The van der Waals surface area contributed by atoms with Crippen molar-refractivity contribution >= 4 is 16.3 Å². The predicted octanol–water partition coefficient (Wildman–Crippen LogP) is 4.00. The van der Waals surface area contributed by atoms with Gasteiger partial charge in [-0.1, -0.05) is 12.1 Å². The molecular weight excluding hydrogens is 256 g/mol. The molecule has 0 spiro atoms. The van der Waals surface area contributed by atoms with Crippen LogP contribution >= 0.6 is 11.3 Å². The average molecular weight is 270 g/mol. The van der Waals surface area contributed by atoms with Crippen molar-refractivity contribution in [3.63, 3.8) is 0 Å². The fraction of sp³-hybridized carbons (Fsp3) is 0.267. The van der Waals surface area contributed by atoms with E-state index in [1.807, 2.05) is 18.2 Å². The first-order valence-corrected chi connectivity index (χ1v) is 7.21. The molecule has 4 heteroatoms. The van der Waals surface area contributed by atoms with Crippen molar-refractivity contribution in [2.75, 3.05) is 0 Å². The standard InChI is InChI=1S/C15H14N2OS/c1-9-8-19-14-16-12-10-6-4-5-7-11(10)18-15(2,3)13(12)17(9)14/h4-8H,1-3H3. The van der Waals surface area contributed by atoms with Crippen LogP contribution in [0.1, 0.15) is 25.2 Å². The number of hydrogen-bond donors (Lipinski definition) is 0. The summed E-state index contributed by atoms with van der Waals surface area (Å²) < 4.78 is 8.40. The van der Waals surface area contributed by atoms with Crippen molar-refractivity contribution in [3.8, 4) is 17.0 Å². The molecule has 0 unspecified atom stereocenters. The summed E-state index contributed by atoms with van der Waals surface area (Å²) in [5.41, 5.74) is 4.15. The molecule has 3 aromatic rings. The van der Waals surface area contributed by atoms with Crippen molar-refractivity contribution in [2.45, 2.75) is 26.4 Å². The van der Waals surface area contributed by atoms with E-state index in [4.69, 9.17) is 9.72 Å². The van der Waals surface area contributed by atoms with E-state index in [1.54, 1.807) is 11.3 Å². The maximum atomic E-state index is 6.18. The maximum absolute atomic E-state index is 6.18. The van der Waals surface area contributed by atoms with Crippen molar-refractivity contribution < 1.29 is 4.74 Å². The fourth-order valence-electron chi connectivity index (χ4n) is 2.81. The van der Waals surface area contributed by atoms with Gasteiger partial charge in [-0.25, -0.2) is 4.98 Å². The molecule has 0 fully saturated rings. The molecule has 19 heavy (non-hydrogen) atoms. The molecule has 1 aromatic carbocycles.